The van der Waals surface area contributed by atoms with Gasteiger partial charge in [0.2, 0.25) is 5.91 Å². The number of rotatable bonds is 9. The van der Waals surface area contributed by atoms with Gasteiger partial charge in [-0.1, -0.05) is 72.1 Å². The van der Waals surface area contributed by atoms with E-state index in [2.05, 4.69) is 34.6 Å². The molecule has 124 valence electrons. The molecule has 0 saturated heterocycles. The molecule has 0 unspecified atom stereocenters. The van der Waals surface area contributed by atoms with Crippen molar-refractivity contribution in [3.8, 4) is 0 Å². The number of benzene rings is 1. The van der Waals surface area contributed by atoms with Gasteiger partial charge in [-0.3, -0.25) is 4.79 Å². The molecule has 0 aliphatic heterocycles. The van der Waals surface area contributed by atoms with Crippen LogP contribution in [0.2, 0.25) is 0 Å². The number of amides is 1. The van der Waals surface area contributed by atoms with Crippen molar-refractivity contribution < 1.29 is 4.79 Å². The maximum atomic E-state index is 12.0. The fraction of sp³-hybridized carbons (Fsp3) is 0.438. The van der Waals surface area contributed by atoms with Crippen LogP contribution in [0.4, 0.5) is 0 Å². The highest BCUT2D eigenvalue weighted by Crippen LogP contribution is 2.28. The number of nitrogens with one attached hydrogen (secondary N) is 1. The van der Waals surface area contributed by atoms with E-state index in [-0.39, 0.29) is 11.9 Å². The van der Waals surface area contributed by atoms with Crippen LogP contribution >= 0.6 is 34.9 Å². The van der Waals surface area contributed by atoms with Crippen molar-refractivity contribution in [3.05, 3.63) is 35.9 Å². The second-order valence-corrected chi connectivity index (χ2v) is 8.76. The van der Waals surface area contributed by atoms with Crippen LogP contribution in [0, 0.1) is 0 Å². The normalized spacial score (nSPS) is 12.1. The third kappa shape index (κ3) is 6.93. The first-order valence-corrected chi connectivity index (χ1v) is 10.4. The van der Waals surface area contributed by atoms with E-state index in [9.17, 15) is 4.79 Å². The van der Waals surface area contributed by atoms with E-state index in [1.54, 1.807) is 23.1 Å². The number of hydrogen-bond acceptors (Lipinski definition) is 6. The summed E-state index contributed by atoms with van der Waals surface area (Å²) in [6, 6.07) is 10.5. The summed E-state index contributed by atoms with van der Waals surface area (Å²) >= 11 is 4.68. The minimum Gasteiger partial charge on any atom is -0.353 e. The number of aryl methyl sites for hydroxylation is 1. The van der Waals surface area contributed by atoms with Gasteiger partial charge in [0.15, 0.2) is 8.68 Å². The summed E-state index contributed by atoms with van der Waals surface area (Å²) in [7, 11) is 0. The molecule has 0 spiro atoms. The summed E-state index contributed by atoms with van der Waals surface area (Å²) in [5.74, 6) is 1.43. The highest BCUT2D eigenvalue weighted by atomic mass is 32.2. The van der Waals surface area contributed by atoms with E-state index in [0.717, 1.165) is 27.3 Å². The first-order valence-electron chi connectivity index (χ1n) is 7.59. The maximum Gasteiger partial charge on any atom is 0.230 e. The van der Waals surface area contributed by atoms with Gasteiger partial charge in [-0.25, -0.2) is 0 Å². The lowest BCUT2D eigenvalue weighted by Gasteiger charge is -2.13. The van der Waals surface area contributed by atoms with E-state index in [0.29, 0.717) is 5.75 Å². The lowest BCUT2D eigenvalue weighted by Crippen LogP contribution is -2.34. The molecule has 0 bridgehead atoms. The highest BCUT2D eigenvalue weighted by Gasteiger charge is 2.10. The standard InChI is InChI=1S/C16H21N3OS3/c1-3-21-15-18-19-16(23-15)22-11-14(20)17-12(2)9-10-13-7-5-4-6-8-13/h4-8,12H,3,9-11H2,1-2H3,(H,17,20)/t12-/m1/s1. The van der Waals surface area contributed by atoms with Crippen molar-refractivity contribution in [1.29, 1.82) is 0 Å². The van der Waals surface area contributed by atoms with Crippen molar-refractivity contribution >= 4 is 40.8 Å². The molecule has 0 aliphatic rings. The monoisotopic (exact) mass is 367 g/mol. The molecule has 1 N–H and O–H groups in total. The number of aromatic nitrogens is 2. The molecule has 1 atom stereocenters. The average molecular weight is 368 g/mol. The Morgan fingerprint density at radius 1 is 1.22 bits per heavy atom. The van der Waals surface area contributed by atoms with Crippen molar-refractivity contribution in [2.45, 2.75) is 41.4 Å². The molecule has 2 rings (SSSR count). The first-order chi connectivity index (χ1) is 11.2. The van der Waals surface area contributed by atoms with Gasteiger partial charge in [-0.2, -0.15) is 0 Å². The van der Waals surface area contributed by atoms with Gasteiger partial charge in [0.1, 0.15) is 0 Å². The zero-order valence-corrected chi connectivity index (χ0v) is 15.8. The Kier molecular flexibility index (Phi) is 7.91. The van der Waals surface area contributed by atoms with Crippen LogP contribution in [-0.4, -0.2) is 33.7 Å². The predicted molar refractivity (Wildman–Crippen MR) is 99.4 cm³/mol. The lowest BCUT2D eigenvalue weighted by molar-refractivity contribution is -0.119. The number of carbonyl (C=O) groups is 1. The van der Waals surface area contributed by atoms with Crippen molar-refractivity contribution in [2.24, 2.45) is 0 Å². The van der Waals surface area contributed by atoms with E-state index in [1.807, 2.05) is 25.1 Å². The molecule has 1 heterocycles. The largest absolute Gasteiger partial charge is 0.353 e. The summed E-state index contributed by atoms with van der Waals surface area (Å²) in [6.07, 6.45) is 1.92. The predicted octanol–water partition coefficient (Wildman–Crippen LogP) is 3.88. The summed E-state index contributed by atoms with van der Waals surface area (Å²) in [4.78, 5) is 12.0. The minimum absolute atomic E-state index is 0.0513. The van der Waals surface area contributed by atoms with Gasteiger partial charge in [-0.05, 0) is 31.1 Å². The zero-order chi connectivity index (χ0) is 16.5. The second kappa shape index (κ2) is 9.95. The molecule has 1 amide bonds. The van der Waals surface area contributed by atoms with E-state index < -0.39 is 0 Å². The molecule has 0 fully saturated rings. The number of hydrogen-bond donors (Lipinski definition) is 1. The number of nitrogens with zero attached hydrogens (tertiary/aromatic N) is 2. The molecule has 0 saturated carbocycles. The second-order valence-electron chi connectivity index (χ2n) is 5.05. The Hall–Kier alpha value is -1.05. The molecule has 1 aromatic heterocycles. The third-order valence-electron chi connectivity index (χ3n) is 3.10. The lowest BCUT2D eigenvalue weighted by atomic mass is 10.1. The van der Waals surface area contributed by atoms with E-state index >= 15 is 0 Å². The minimum atomic E-state index is 0.0513. The van der Waals surface area contributed by atoms with Gasteiger partial charge < -0.3 is 5.32 Å². The number of thioether (sulfide) groups is 2. The van der Waals surface area contributed by atoms with Crippen molar-refractivity contribution in [3.63, 3.8) is 0 Å². The fourth-order valence-corrected chi connectivity index (χ4v) is 4.71. The van der Waals surface area contributed by atoms with Crippen LogP contribution in [0.5, 0.6) is 0 Å². The molecular formula is C16H21N3OS3. The average Bonchev–Trinajstić information content (AvgIpc) is 3.00. The van der Waals surface area contributed by atoms with Crippen LogP contribution in [0.15, 0.2) is 39.0 Å². The Bertz CT molecular complexity index is 604. The Morgan fingerprint density at radius 2 is 1.91 bits per heavy atom. The fourth-order valence-electron chi connectivity index (χ4n) is 1.98. The smallest absolute Gasteiger partial charge is 0.230 e. The molecule has 0 radical (unpaired) electrons. The zero-order valence-electron chi connectivity index (χ0n) is 13.3. The Morgan fingerprint density at radius 3 is 2.61 bits per heavy atom. The summed E-state index contributed by atoms with van der Waals surface area (Å²) in [5, 5.41) is 11.2. The van der Waals surface area contributed by atoms with Gasteiger partial charge >= 0.3 is 0 Å². The summed E-state index contributed by atoms with van der Waals surface area (Å²) < 4.78 is 1.82. The van der Waals surface area contributed by atoms with E-state index in [4.69, 9.17) is 0 Å². The third-order valence-corrected chi connectivity index (χ3v) is 6.17. The van der Waals surface area contributed by atoms with Gasteiger partial charge in [0.05, 0.1) is 5.75 Å². The van der Waals surface area contributed by atoms with Crippen molar-refractivity contribution in [2.75, 3.05) is 11.5 Å². The van der Waals surface area contributed by atoms with Crippen LogP contribution in [-0.2, 0) is 11.2 Å². The quantitative estimate of drug-likeness (QED) is 0.682. The summed E-state index contributed by atoms with van der Waals surface area (Å²) in [5.41, 5.74) is 1.30. The van der Waals surface area contributed by atoms with Crippen LogP contribution in [0.1, 0.15) is 25.8 Å². The molecular weight excluding hydrogens is 346 g/mol. The molecule has 23 heavy (non-hydrogen) atoms. The first kappa shape index (κ1) is 18.3. The molecule has 7 heteroatoms. The van der Waals surface area contributed by atoms with Gasteiger partial charge in [0.25, 0.3) is 0 Å². The van der Waals surface area contributed by atoms with Gasteiger partial charge in [-0.15, -0.1) is 10.2 Å². The SMILES string of the molecule is CCSc1nnc(SCC(=O)N[C@H](C)CCc2ccccc2)s1. The summed E-state index contributed by atoms with van der Waals surface area (Å²) in [6.45, 7) is 4.13. The van der Waals surface area contributed by atoms with Gasteiger partial charge in [0, 0.05) is 6.04 Å². The molecule has 0 aliphatic carbocycles. The van der Waals surface area contributed by atoms with Crippen LogP contribution < -0.4 is 5.32 Å². The Balaban J connectivity index is 1.67. The van der Waals surface area contributed by atoms with Crippen LogP contribution in [0.25, 0.3) is 0 Å². The maximum absolute atomic E-state index is 12.0. The molecule has 4 nitrogen and oxygen atoms in total. The molecule has 2 aromatic rings. The number of carbonyl (C=O) groups excluding carboxylic acids is 1. The highest BCUT2D eigenvalue weighted by molar-refractivity contribution is 8.03. The van der Waals surface area contributed by atoms with Crippen molar-refractivity contribution in [1.82, 2.24) is 15.5 Å². The van der Waals surface area contributed by atoms with Crippen LogP contribution in [0.3, 0.4) is 0 Å². The van der Waals surface area contributed by atoms with E-state index in [1.165, 1.54) is 17.3 Å². The molecule has 1 aromatic carbocycles. The topological polar surface area (TPSA) is 54.9 Å². The Labute approximate surface area is 149 Å².